The first kappa shape index (κ1) is 34.1. The van der Waals surface area contributed by atoms with Crippen LogP contribution in [0.15, 0.2) is 108 Å². The fourth-order valence-electron chi connectivity index (χ4n) is 6.55. The van der Waals surface area contributed by atoms with Crippen LogP contribution in [0.3, 0.4) is 0 Å². The van der Waals surface area contributed by atoms with E-state index in [0.29, 0.717) is 0 Å². The Bertz CT molecular complexity index is 1390. The molecule has 0 saturated heterocycles. The van der Waals surface area contributed by atoms with Crippen LogP contribution >= 0.6 is 0 Å². The minimum atomic E-state index is 0.108. The lowest BCUT2D eigenvalue weighted by atomic mass is 9.68. The third-order valence-electron chi connectivity index (χ3n) is 8.39. The molecular formula is C41H56. The third kappa shape index (κ3) is 7.59. The van der Waals surface area contributed by atoms with Gasteiger partial charge in [-0.05, 0) is 75.8 Å². The molecule has 3 aliphatic carbocycles. The van der Waals surface area contributed by atoms with Crippen molar-refractivity contribution in [2.75, 3.05) is 0 Å². The average Bonchev–Trinajstić information content (AvgIpc) is 3.19. The second kappa shape index (κ2) is 17.6. The van der Waals surface area contributed by atoms with E-state index in [1.165, 1.54) is 94.9 Å². The highest BCUT2D eigenvalue weighted by Gasteiger charge is 2.45. The third-order valence-corrected chi connectivity index (χ3v) is 8.39. The first-order valence-corrected chi connectivity index (χ1v) is 16.5. The molecule has 0 aliphatic heterocycles. The smallest absolute Gasteiger partial charge is 0.0180 e. The van der Waals surface area contributed by atoms with Crippen molar-refractivity contribution in [3.63, 3.8) is 0 Å². The summed E-state index contributed by atoms with van der Waals surface area (Å²) in [6.45, 7) is 22.3. The summed E-state index contributed by atoms with van der Waals surface area (Å²) < 4.78 is 0. The van der Waals surface area contributed by atoms with Gasteiger partial charge in [0, 0.05) is 5.41 Å². The molecule has 41 heavy (non-hydrogen) atoms. The highest BCUT2D eigenvalue weighted by atomic mass is 14.5. The number of rotatable bonds is 3. The van der Waals surface area contributed by atoms with E-state index in [0.717, 1.165) is 6.42 Å². The van der Waals surface area contributed by atoms with E-state index in [1.54, 1.807) is 5.57 Å². The van der Waals surface area contributed by atoms with Crippen molar-refractivity contribution in [2.45, 2.75) is 106 Å². The van der Waals surface area contributed by atoms with Crippen molar-refractivity contribution in [1.29, 1.82) is 0 Å². The van der Waals surface area contributed by atoms with E-state index in [4.69, 9.17) is 0 Å². The molecule has 1 saturated carbocycles. The van der Waals surface area contributed by atoms with Crippen LogP contribution in [0.1, 0.15) is 106 Å². The molecule has 1 spiro atoms. The molecule has 0 aromatic heterocycles. The molecule has 0 radical (unpaired) electrons. The lowest BCUT2D eigenvalue weighted by Crippen LogP contribution is -2.26. The van der Waals surface area contributed by atoms with Crippen LogP contribution in [0.5, 0.6) is 0 Å². The predicted molar refractivity (Wildman–Crippen MR) is 188 cm³/mol. The molecule has 0 unspecified atom stereocenters. The van der Waals surface area contributed by atoms with Gasteiger partial charge in [-0.3, -0.25) is 0 Å². The van der Waals surface area contributed by atoms with E-state index in [2.05, 4.69) is 86.9 Å². The summed E-state index contributed by atoms with van der Waals surface area (Å²) in [6, 6.07) is 13.4. The lowest BCUT2D eigenvalue weighted by molar-refractivity contribution is 0.355. The van der Waals surface area contributed by atoms with Gasteiger partial charge in [-0.1, -0.05) is 172 Å². The Morgan fingerprint density at radius 2 is 1.41 bits per heavy atom. The average molecular weight is 549 g/mol. The Morgan fingerprint density at radius 3 is 2.05 bits per heavy atom. The van der Waals surface area contributed by atoms with Crippen LogP contribution in [0.25, 0.3) is 22.9 Å². The van der Waals surface area contributed by atoms with Gasteiger partial charge < -0.3 is 0 Å². The summed E-state index contributed by atoms with van der Waals surface area (Å²) in [4.78, 5) is 0. The van der Waals surface area contributed by atoms with Gasteiger partial charge in [0.25, 0.3) is 0 Å². The van der Waals surface area contributed by atoms with Gasteiger partial charge in [-0.25, -0.2) is 0 Å². The van der Waals surface area contributed by atoms with Gasteiger partial charge in [0.15, 0.2) is 0 Å². The summed E-state index contributed by atoms with van der Waals surface area (Å²) >= 11 is 0. The van der Waals surface area contributed by atoms with Gasteiger partial charge in [-0.2, -0.15) is 0 Å². The zero-order chi connectivity index (χ0) is 30.3. The number of hydrogen-bond donors (Lipinski definition) is 0. The fraction of sp³-hybridized carbons (Fsp3) is 0.415. The molecule has 2 aromatic rings. The summed E-state index contributed by atoms with van der Waals surface area (Å²) in [5.41, 5.74) is 7.25. The van der Waals surface area contributed by atoms with Crippen LogP contribution < -0.4 is 10.4 Å². The Morgan fingerprint density at radius 1 is 0.780 bits per heavy atom. The van der Waals surface area contributed by atoms with Crippen LogP contribution in [-0.4, -0.2) is 0 Å². The lowest BCUT2D eigenvalue weighted by Gasteiger charge is -2.35. The molecule has 220 valence electrons. The maximum atomic E-state index is 4.13. The van der Waals surface area contributed by atoms with Gasteiger partial charge in [-0.15, -0.1) is 0 Å². The summed E-state index contributed by atoms with van der Waals surface area (Å²) in [5.74, 6) is 0. The minimum Gasteiger partial charge on any atom is -0.0990 e. The maximum absolute atomic E-state index is 4.13. The van der Waals surface area contributed by atoms with E-state index in [1.807, 2.05) is 53.7 Å². The van der Waals surface area contributed by atoms with Crippen LogP contribution in [0.4, 0.5) is 0 Å². The second-order valence-corrected chi connectivity index (χ2v) is 10.4. The summed E-state index contributed by atoms with van der Waals surface area (Å²) in [7, 11) is 0. The van der Waals surface area contributed by atoms with Gasteiger partial charge in [0.05, 0.1) is 0 Å². The Balaban J connectivity index is 0.000000921. The van der Waals surface area contributed by atoms with Crippen molar-refractivity contribution in [2.24, 2.45) is 5.41 Å². The van der Waals surface area contributed by atoms with Crippen molar-refractivity contribution in [1.82, 2.24) is 0 Å². The van der Waals surface area contributed by atoms with Crippen LogP contribution in [0.2, 0.25) is 0 Å². The summed E-state index contributed by atoms with van der Waals surface area (Å²) in [5, 5.41) is 5.38. The van der Waals surface area contributed by atoms with Crippen LogP contribution in [0, 0.1) is 5.41 Å². The summed E-state index contributed by atoms with van der Waals surface area (Å²) in [6.07, 6.45) is 27.4. The molecule has 0 amide bonds. The maximum Gasteiger partial charge on any atom is 0.0180 e. The first-order chi connectivity index (χ1) is 20.2. The first-order valence-electron chi connectivity index (χ1n) is 16.5. The molecule has 2 aromatic carbocycles. The van der Waals surface area contributed by atoms with Crippen molar-refractivity contribution >= 4 is 22.9 Å². The molecular weight excluding hydrogens is 492 g/mol. The molecule has 0 heterocycles. The Kier molecular flexibility index (Phi) is 14.7. The standard InChI is InChI=1S/C35H38.3C2H6/c1-4-14-30-32-25-31-28(19-18-27-15-10-11-16-29(27)31)20-22-34(32)35(33(30)21-17-26(3)5-2)23-12-8-6-7-9-13-24-35;3*1-2/h4-5,10-11,14-21,25H,1-2,6-9,12-13,22-24H2,3H3;3*1-2H3/b26-17+,30-14+,33-21+;;;. The monoisotopic (exact) mass is 548 g/mol. The van der Waals surface area contributed by atoms with E-state index >= 15 is 0 Å². The predicted octanol–water partition coefficient (Wildman–Crippen LogP) is 11.5. The quantitative estimate of drug-likeness (QED) is 0.335. The topological polar surface area (TPSA) is 0 Å². The van der Waals surface area contributed by atoms with E-state index < -0.39 is 0 Å². The highest BCUT2D eigenvalue weighted by Crippen LogP contribution is 2.58. The molecule has 0 heteroatoms. The van der Waals surface area contributed by atoms with E-state index in [-0.39, 0.29) is 5.41 Å². The largest absolute Gasteiger partial charge is 0.0990 e. The molecule has 1 fully saturated rings. The van der Waals surface area contributed by atoms with Crippen LogP contribution in [-0.2, 0) is 0 Å². The normalized spacial score (nSPS) is 19.6. The molecule has 0 nitrogen and oxygen atoms in total. The Hall–Kier alpha value is -3.12. The fourth-order valence-corrected chi connectivity index (χ4v) is 6.55. The highest BCUT2D eigenvalue weighted by molar-refractivity contribution is 5.87. The molecule has 3 aliphatic rings. The molecule has 0 atom stereocenters. The van der Waals surface area contributed by atoms with Crippen molar-refractivity contribution in [3.8, 4) is 0 Å². The SMILES string of the molecule is C=C\C=C1/C2=C(CC=c3ccc4ccccc4c3=C2)C2(CCCCCCCC2)/C1=C/C=C(\C)C=C.CC.CC.CC. The molecule has 0 bridgehead atoms. The number of allylic oxidation sites excluding steroid dienone is 10. The molecule has 5 rings (SSSR count). The van der Waals surface area contributed by atoms with Gasteiger partial charge >= 0.3 is 0 Å². The molecule has 0 N–H and O–H groups in total. The number of fused-ring (bicyclic) bond motifs is 4. The minimum absolute atomic E-state index is 0.108. The zero-order valence-corrected chi connectivity index (χ0v) is 27.3. The number of hydrogen-bond acceptors (Lipinski definition) is 0. The van der Waals surface area contributed by atoms with Crippen molar-refractivity contribution < 1.29 is 0 Å². The zero-order valence-electron chi connectivity index (χ0n) is 27.3. The van der Waals surface area contributed by atoms with Gasteiger partial charge in [0.1, 0.15) is 0 Å². The van der Waals surface area contributed by atoms with Crippen molar-refractivity contribution in [3.05, 3.63) is 118 Å². The Labute approximate surface area is 252 Å². The second-order valence-electron chi connectivity index (χ2n) is 10.4. The van der Waals surface area contributed by atoms with E-state index in [9.17, 15) is 0 Å². The number of benzene rings is 2. The van der Waals surface area contributed by atoms with Gasteiger partial charge in [0.2, 0.25) is 0 Å².